The number of carbonyl (C=O) groups excluding carboxylic acids is 1. The highest BCUT2D eigenvalue weighted by atomic mass is 32.2. The Balaban J connectivity index is 1.71. The van der Waals surface area contributed by atoms with Crippen molar-refractivity contribution in [1.29, 1.82) is 0 Å². The number of thioether (sulfide) groups is 1. The Bertz CT molecular complexity index is 544. The first-order valence-corrected chi connectivity index (χ1v) is 8.09. The van der Waals surface area contributed by atoms with Crippen LogP contribution in [0.4, 0.5) is 5.13 Å². The third-order valence-electron chi connectivity index (χ3n) is 2.39. The zero-order valence-electron chi connectivity index (χ0n) is 11.1. The number of hydrogen-bond acceptors (Lipinski definition) is 6. The van der Waals surface area contributed by atoms with Gasteiger partial charge in [0, 0.05) is 13.1 Å². The zero-order chi connectivity index (χ0) is 14.2. The lowest BCUT2D eigenvalue weighted by molar-refractivity contribution is -0.118. The summed E-state index contributed by atoms with van der Waals surface area (Å²) in [7, 11) is 0. The minimum absolute atomic E-state index is 0.000876. The topological polar surface area (TPSA) is 66.9 Å². The van der Waals surface area contributed by atoms with Crippen molar-refractivity contribution in [2.45, 2.75) is 17.8 Å². The number of nitrogens with zero attached hydrogens (tertiary/aromatic N) is 2. The molecule has 2 N–H and O–H groups in total. The molecule has 0 atom stereocenters. The van der Waals surface area contributed by atoms with Crippen LogP contribution in [-0.4, -0.2) is 28.4 Å². The first-order valence-electron chi connectivity index (χ1n) is 6.28. The molecule has 0 spiro atoms. The maximum Gasteiger partial charge on any atom is 0.230 e. The SMILES string of the molecule is CCNc1nnc(SCC(=O)NCc2ccccc2)s1. The van der Waals surface area contributed by atoms with E-state index in [4.69, 9.17) is 0 Å². The first kappa shape index (κ1) is 14.8. The average molecular weight is 308 g/mol. The van der Waals surface area contributed by atoms with Crippen LogP contribution in [0.15, 0.2) is 34.7 Å². The fourth-order valence-corrected chi connectivity index (χ4v) is 3.12. The number of carbonyl (C=O) groups is 1. The Labute approximate surface area is 126 Å². The summed E-state index contributed by atoms with van der Waals surface area (Å²) in [5.41, 5.74) is 1.09. The van der Waals surface area contributed by atoms with Gasteiger partial charge in [-0.1, -0.05) is 53.4 Å². The second kappa shape index (κ2) is 7.86. The molecule has 0 aliphatic carbocycles. The quantitative estimate of drug-likeness (QED) is 0.769. The van der Waals surface area contributed by atoms with Gasteiger partial charge in [-0.3, -0.25) is 4.79 Å². The maximum absolute atomic E-state index is 11.7. The number of benzene rings is 1. The van der Waals surface area contributed by atoms with Crippen LogP contribution in [-0.2, 0) is 11.3 Å². The number of anilines is 1. The van der Waals surface area contributed by atoms with E-state index in [1.165, 1.54) is 23.1 Å². The van der Waals surface area contributed by atoms with E-state index in [2.05, 4.69) is 20.8 Å². The fourth-order valence-electron chi connectivity index (χ4n) is 1.47. The molecule has 2 rings (SSSR count). The lowest BCUT2D eigenvalue weighted by Gasteiger charge is -2.03. The van der Waals surface area contributed by atoms with Gasteiger partial charge in [-0.15, -0.1) is 10.2 Å². The van der Waals surface area contributed by atoms with Gasteiger partial charge in [-0.05, 0) is 12.5 Å². The van der Waals surface area contributed by atoms with Gasteiger partial charge in [-0.25, -0.2) is 0 Å². The maximum atomic E-state index is 11.7. The van der Waals surface area contributed by atoms with Crippen molar-refractivity contribution >= 4 is 34.1 Å². The molecule has 2 aromatic rings. The van der Waals surface area contributed by atoms with Crippen LogP contribution in [0.1, 0.15) is 12.5 Å². The summed E-state index contributed by atoms with van der Waals surface area (Å²) < 4.78 is 0.802. The zero-order valence-corrected chi connectivity index (χ0v) is 12.8. The Morgan fingerprint density at radius 2 is 2.10 bits per heavy atom. The van der Waals surface area contributed by atoms with E-state index < -0.39 is 0 Å². The molecule has 0 aliphatic rings. The summed E-state index contributed by atoms with van der Waals surface area (Å²) in [5, 5.41) is 14.8. The molecule has 20 heavy (non-hydrogen) atoms. The second-order valence-corrected chi connectivity index (χ2v) is 6.15. The predicted octanol–water partition coefficient (Wildman–Crippen LogP) is 2.38. The van der Waals surface area contributed by atoms with E-state index >= 15 is 0 Å². The average Bonchev–Trinajstić information content (AvgIpc) is 2.92. The number of aromatic nitrogens is 2. The fraction of sp³-hybridized carbons (Fsp3) is 0.308. The molecule has 0 unspecified atom stereocenters. The molecule has 7 heteroatoms. The summed E-state index contributed by atoms with van der Waals surface area (Å²) in [4.78, 5) is 11.7. The standard InChI is InChI=1S/C13H16N4OS2/c1-2-14-12-16-17-13(20-12)19-9-11(18)15-8-10-6-4-3-5-7-10/h3-7H,2,8-9H2,1H3,(H,14,16)(H,15,18). The third kappa shape index (κ3) is 4.82. The van der Waals surface area contributed by atoms with E-state index in [0.29, 0.717) is 12.3 Å². The summed E-state index contributed by atoms with van der Waals surface area (Å²) in [6, 6.07) is 9.85. The summed E-state index contributed by atoms with van der Waals surface area (Å²) in [6.45, 7) is 3.38. The Morgan fingerprint density at radius 1 is 1.30 bits per heavy atom. The van der Waals surface area contributed by atoms with Gasteiger partial charge in [0.25, 0.3) is 0 Å². The van der Waals surface area contributed by atoms with Crippen LogP contribution in [0, 0.1) is 0 Å². The number of rotatable bonds is 7. The van der Waals surface area contributed by atoms with Gasteiger partial charge in [0.1, 0.15) is 0 Å². The highest BCUT2D eigenvalue weighted by molar-refractivity contribution is 8.01. The van der Waals surface area contributed by atoms with E-state index in [1.54, 1.807) is 0 Å². The van der Waals surface area contributed by atoms with Crippen LogP contribution >= 0.6 is 23.1 Å². The number of hydrogen-bond donors (Lipinski definition) is 2. The molecular formula is C13H16N4OS2. The van der Waals surface area contributed by atoms with E-state index in [-0.39, 0.29) is 5.91 Å². The number of amides is 1. The molecule has 0 bridgehead atoms. The molecule has 1 heterocycles. The third-order valence-corrected chi connectivity index (χ3v) is 4.41. The van der Waals surface area contributed by atoms with Gasteiger partial charge < -0.3 is 10.6 Å². The van der Waals surface area contributed by atoms with Crippen molar-refractivity contribution in [3.8, 4) is 0 Å². The Kier molecular flexibility index (Phi) is 5.82. The van der Waals surface area contributed by atoms with Crippen molar-refractivity contribution in [1.82, 2.24) is 15.5 Å². The monoisotopic (exact) mass is 308 g/mol. The van der Waals surface area contributed by atoms with Crippen molar-refractivity contribution < 1.29 is 4.79 Å². The Hall–Kier alpha value is -1.60. The minimum atomic E-state index is -0.000876. The molecule has 0 saturated carbocycles. The molecular weight excluding hydrogens is 292 g/mol. The largest absolute Gasteiger partial charge is 0.360 e. The lowest BCUT2D eigenvalue weighted by atomic mass is 10.2. The summed E-state index contributed by atoms with van der Waals surface area (Å²) in [5.74, 6) is 0.354. The molecule has 0 saturated heterocycles. The molecule has 1 amide bonds. The predicted molar refractivity (Wildman–Crippen MR) is 83.1 cm³/mol. The first-order chi connectivity index (χ1) is 9.78. The minimum Gasteiger partial charge on any atom is -0.360 e. The van der Waals surface area contributed by atoms with Gasteiger partial charge >= 0.3 is 0 Å². The molecule has 0 aliphatic heterocycles. The molecule has 5 nitrogen and oxygen atoms in total. The normalized spacial score (nSPS) is 10.2. The van der Waals surface area contributed by atoms with E-state index in [9.17, 15) is 4.79 Å². The second-order valence-electron chi connectivity index (χ2n) is 3.95. The van der Waals surface area contributed by atoms with Gasteiger partial charge in [0.2, 0.25) is 11.0 Å². The van der Waals surface area contributed by atoms with Gasteiger partial charge in [0.15, 0.2) is 4.34 Å². The van der Waals surface area contributed by atoms with Crippen molar-refractivity contribution in [3.63, 3.8) is 0 Å². The van der Waals surface area contributed by atoms with Crippen molar-refractivity contribution in [2.75, 3.05) is 17.6 Å². The van der Waals surface area contributed by atoms with E-state index in [1.807, 2.05) is 37.3 Å². The molecule has 0 radical (unpaired) electrons. The van der Waals surface area contributed by atoms with Crippen LogP contribution in [0.25, 0.3) is 0 Å². The number of nitrogens with one attached hydrogen (secondary N) is 2. The Morgan fingerprint density at radius 3 is 2.85 bits per heavy atom. The lowest BCUT2D eigenvalue weighted by Crippen LogP contribution is -2.24. The van der Waals surface area contributed by atoms with Gasteiger partial charge in [0.05, 0.1) is 5.75 Å². The van der Waals surface area contributed by atoms with Crippen LogP contribution in [0.3, 0.4) is 0 Å². The van der Waals surface area contributed by atoms with Gasteiger partial charge in [-0.2, -0.15) is 0 Å². The molecule has 106 valence electrons. The highest BCUT2D eigenvalue weighted by Gasteiger charge is 2.07. The van der Waals surface area contributed by atoms with Crippen molar-refractivity contribution in [2.24, 2.45) is 0 Å². The molecule has 1 aromatic heterocycles. The van der Waals surface area contributed by atoms with Crippen LogP contribution in [0.5, 0.6) is 0 Å². The van der Waals surface area contributed by atoms with Crippen molar-refractivity contribution in [3.05, 3.63) is 35.9 Å². The van der Waals surface area contributed by atoms with Crippen LogP contribution < -0.4 is 10.6 Å². The summed E-state index contributed by atoms with van der Waals surface area (Å²) in [6.07, 6.45) is 0. The molecule has 1 aromatic carbocycles. The summed E-state index contributed by atoms with van der Waals surface area (Å²) >= 11 is 2.87. The highest BCUT2D eigenvalue weighted by Crippen LogP contribution is 2.24. The van der Waals surface area contributed by atoms with E-state index in [0.717, 1.165) is 21.6 Å². The van der Waals surface area contributed by atoms with Crippen LogP contribution in [0.2, 0.25) is 0 Å². The smallest absolute Gasteiger partial charge is 0.230 e. The molecule has 0 fully saturated rings.